The molecule has 1 aliphatic rings. The fraction of sp³-hybridized carbons (Fsp3) is 0.333. The van der Waals surface area contributed by atoms with E-state index in [2.05, 4.69) is 29.2 Å². The minimum Gasteiger partial charge on any atom is -0.478 e. The Morgan fingerprint density at radius 2 is 1.54 bits per heavy atom. The lowest BCUT2D eigenvalue weighted by Gasteiger charge is -2.43. The number of aromatic carboxylic acids is 1. The van der Waals surface area contributed by atoms with E-state index in [1.807, 2.05) is 66.7 Å². The first-order valence-electron chi connectivity index (χ1n) is 12.6. The fourth-order valence-electron chi connectivity index (χ4n) is 5.08. The van der Waals surface area contributed by atoms with E-state index in [0.29, 0.717) is 12.1 Å². The van der Waals surface area contributed by atoms with E-state index >= 15 is 0 Å². The molecule has 0 unspecified atom stereocenters. The van der Waals surface area contributed by atoms with Crippen molar-refractivity contribution in [3.05, 3.63) is 90.0 Å². The first-order valence-corrected chi connectivity index (χ1v) is 12.6. The van der Waals surface area contributed by atoms with Gasteiger partial charge < -0.3 is 20.1 Å². The van der Waals surface area contributed by atoms with Crippen LogP contribution in [0.25, 0.3) is 0 Å². The monoisotopic (exact) mass is 501 g/mol. The second kappa shape index (κ2) is 12.0. The molecule has 4 rings (SSSR count). The van der Waals surface area contributed by atoms with Crippen molar-refractivity contribution in [3.63, 3.8) is 0 Å². The summed E-state index contributed by atoms with van der Waals surface area (Å²) >= 11 is 0. The van der Waals surface area contributed by atoms with Crippen LogP contribution in [0, 0.1) is 5.41 Å². The van der Waals surface area contributed by atoms with E-state index in [9.17, 15) is 14.7 Å². The van der Waals surface area contributed by atoms with Gasteiger partial charge in [-0.25, -0.2) is 4.79 Å². The van der Waals surface area contributed by atoms with Crippen molar-refractivity contribution in [3.8, 4) is 11.5 Å². The second-order valence-corrected chi connectivity index (χ2v) is 10.2. The Balaban J connectivity index is 1.29. The molecule has 0 spiro atoms. The molecule has 0 radical (unpaired) electrons. The van der Waals surface area contributed by atoms with Crippen molar-refractivity contribution >= 4 is 17.6 Å². The molecular formula is C30H35N3O4. The quantitative estimate of drug-likeness (QED) is 0.407. The smallest absolute Gasteiger partial charge is 0.335 e. The van der Waals surface area contributed by atoms with Gasteiger partial charge in [-0.15, -0.1) is 0 Å². The van der Waals surface area contributed by atoms with E-state index in [4.69, 9.17) is 4.74 Å². The van der Waals surface area contributed by atoms with Crippen molar-refractivity contribution in [2.75, 3.05) is 45.6 Å². The number of carboxylic acids is 1. The molecule has 194 valence electrons. The Morgan fingerprint density at radius 1 is 0.919 bits per heavy atom. The fourth-order valence-corrected chi connectivity index (χ4v) is 5.08. The van der Waals surface area contributed by atoms with Crippen LogP contribution in [-0.2, 0) is 11.2 Å². The third-order valence-corrected chi connectivity index (χ3v) is 6.83. The first kappa shape index (κ1) is 26.4. The molecule has 1 saturated heterocycles. The number of likely N-dealkylation sites (tertiary alicyclic amines) is 1. The zero-order chi connectivity index (χ0) is 26.3. The van der Waals surface area contributed by atoms with Crippen LogP contribution < -0.4 is 10.1 Å². The maximum absolute atomic E-state index is 12.7. The van der Waals surface area contributed by atoms with Crippen molar-refractivity contribution in [1.82, 2.24) is 9.80 Å². The number of nitrogens with one attached hydrogen (secondary N) is 1. The minimum absolute atomic E-state index is 0.0268. The van der Waals surface area contributed by atoms with Gasteiger partial charge in [0, 0.05) is 12.2 Å². The Labute approximate surface area is 218 Å². The molecule has 0 saturated carbocycles. The Morgan fingerprint density at radius 3 is 2.14 bits per heavy atom. The molecule has 1 fully saturated rings. The molecule has 0 atom stereocenters. The number of anilines is 1. The van der Waals surface area contributed by atoms with E-state index in [1.165, 1.54) is 0 Å². The summed E-state index contributed by atoms with van der Waals surface area (Å²) in [5, 5.41) is 12.2. The van der Waals surface area contributed by atoms with Crippen LogP contribution in [0.5, 0.6) is 11.5 Å². The van der Waals surface area contributed by atoms with Crippen molar-refractivity contribution in [1.29, 1.82) is 0 Å². The summed E-state index contributed by atoms with van der Waals surface area (Å²) in [6.45, 7) is 3.00. The molecular weight excluding hydrogens is 466 g/mol. The number of ether oxygens (including phenoxy) is 1. The molecule has 1 heterocycles. The zero-order valence-corrected chi connectivity index (χ0v) is 21.5. The van der Waals surface area contributed by atoms with Crippen LogP contribution in [0.4, 0.5) is 5.69 Å². The average molecular weight is 502 g/mol. The maximum atomic E-state index is 12.7. The van der Waals surface area contributed by atoms with Crippen LogP contribution >= 0.6 is 0 Å². The van der Waals surface area contributed by atoms with Gasteiger partial charge in [0.15, 0.2) is 0 Å². The molecule has 1 amide bonds. The lowest BCUT2D eigenvalue weighted by Crippen LogP contribution is -2.47. The van der Waals surface area contributed by atoms with Gasteiger partial charge in [-0.1, -0.05) is 30.3 Å². The van der Waals surface area contributed by atoms with Gasteiger partial charge in [0.1, 0.15) is 11.5 Å². The van der Waals surface area contributed by atoms with Gasteiger partial charge >= 0.3 is 5.97 Å². The van der Waals surface area contributed by atoms with Crippen molar-refractivity contribution in [2.45, 2.75) is 19.3 Å². The molecule has 0 bridgehead atoms. The highest BCUT2D eigenvalue weighted by Gasteiger charge is 2.35. The molecule has 7 heteroatoms. The number of carboxylic acid groups (broad SMARTS) is 1. The summed E-state index contributed by atoms with van der Waals surface area (Å²) in [7, 11) is 4.18. The summed E-state index contributed by atoms with van der Waals surface area (Å²) in [6, 6.07) is 24.2. The number of piperidine rings is 1. The van der Waals surface area contributed by atoms with Crippen LogP contribution in [0.3, 0.4) is 0 Å². The minimum atomic E-state index is -0.905. The van der Waals surface area contributed by atoms with E-state index in [1.54, 1.807) is 12.1 Å². The number of rotatable bonds is 10. The molecule has 0 aliphatic carbocycles. The van der Waals surface area contributed by atoms with Gasteiger partial charge in [-0.2, -0.15) is 0 Å². The topological polar surface area (TPSA) is 82.1 Å². The summed E-state index contributed by atoms with van der Waals surface area (Å²) in [4.78, 5) is 28.3. The normalized spacial score (nSPS) is 15.3. The molecule has 3 aromatic rings. The third kappa shape index (κ3) is 7.65. The number of para-hydroxylation sites is 1. The van der Waals surface area contributed by atoms with Crippen molar-refractivity contribution in [2.24, 2.45) is 5.41 Å². The SMILES string of the molecule is CN(C)CC1(Cc2ccc(C(=O)O)cc2)CCN(CC(=O)Nc2ccc(Oc3ccccc3)cc2)CC1. The largest absolute Gasteiger partial charge is 0.478 e. The van der Waals surface area contributed by atoms with Gasteiger partial charge in [-0.3, -0.25) is 9.69 Å². The summed E-state index contributed by atoms with van der Waals surface area (Å²) < 4.78 is 5.82. The van der Waals surface area contributed by atoms with Crippen LogP contribution in [0.1, 0.15) is 28.8 Å². The van der Waals surface area contributed by atoms with E-state index in [0.717, 1.165) is 61.6 Å². The third-order valence-electron chi connectivity index (χ3n) is 6.83. The number of nitrogens with zero attached hydrogens (tertiary/aromatic N) is 2. The van der Waals surface area contributed by atoms with Gasteiger partial charge in [0.05, 0.1) is 12.1 Å². The van der Waals surface area contributed by atoms with Crippen LogP contribution in [0.15, 0.2) is 78.9 Å². The van der Waals surface area contributed by atoms with Gasteiger partial charge in [0.2, 0.25) is 5.91 Å². The molecule has 37 heavy (non-hydrogen) atoms. The highest BCUT2D eigenvalue weighted by atomic mass is 16.5. The first-order chi connectivity index (χ1) is 17.8. The molecule has 1 aliphatic heterocycles. The second-order valence-electron chi connectivity index (χ2n) is 10.2. The predicted molar refractivity (Wildman–Crippen MR) is 145 cm³/mol. The van der Waals surface area contributed by atoms with E-state index < -0.39 is 5.97 Å². The summed E-state index contributed by atoms with van der Waals surface area (Å²) in [5.41, 5.74) is 2.30. The Hall–Kier alpha value is -3.68. The molecule has 0 aromatic heterocycles. The van der Waals surface area contributed by atoms with Crippen molar-refractivity contribution < 1.29 is 19.4 Å². The zero-order valence-electron chi connectivity index (χ0n) is 21.5. The number of carbonyl (C=O) groups excluding carboxylic acids is 1. The van der Waals surface area contributed by atoms with Gasteiger partial charge in [0.25, 0.3) is 0 Å². The highest BCUT2D eigenvalue weighted by molar-refractivity contribution is 5.92. The lowest BCUT2D eigenvalue weighted by atomic mass is 9.73. The lowest BCUT2D eigenvalue weighted by molar-refractivity contribution is -0.118. The average Bonchev–Trinajstić information content (AvgIpc) is 2.87. The summed E-state index contributed by atoms with van der Waals surface area (Å²) in [5.74, 6) is 0.556. The number of hydrogen-bond acceptors (Lipinski definition) is 5. The van der Waals surface area contributed by atoms with E-state index in [-0.39, 0.29) is 11.3 Å². The predicted octanol–water partition coefficient (Wildman–Crippen LogP) is 5.00. The number of carbonyl (C=O) groups is 2. The van der Waals surface area contributed by atoms with Gasteiger partial charge in [-0.05, 0) is 106 Å². The number of amides is 1. The number of benzene rings is 3. The standard InChI is InChI=1S/C30H35N3O4/c1-32(2)22-30(20-23-8-10-24(11-9-23)29(35)36)16-18-33(19-17-30)21-28(34)31-25-12-14-27(15-13-25)37-26-6-4-3-5-7-26/h3-15H,16-22H2,1-2H3,(H,31,34)(H,35,36). The molecule has 2 N–H and O–H groups in total. The van der Waals surface area contributed by atoms with Crippen LogP contribution in [0.2, 0.25) is 0 Å². The Kier molecular flexibility index (Phi) is 8.58. The number of hydrogen-bond donors (Lipinski definition) is 2. The maximum Gasteiger partial charge on any atom is 0.335 e. The Bertz CT molecular complexity index is 1170. The molecule has 7 nitrogen and oxygen atoms in total. The van der Waals surface area contributed by atoms with Crippen LogP contribution in [-0.4, -0.2) is 67.1 Å². The summed E-state index contributed by atoms with van der Waals surface area (Å²) in [6.07, 6.45) is 2.85. The highest BCUT2D eigenvalue weighted by Crippen LogP contribution is 2.36. The molecule has 3 aromatic carbocycles.